The van der Waals surface area contributed by atoms with Crippen LogP contribution in [0.1, 0.15) is 31.4 Å². The Balaban J connectivity index is 2.03. The molecule has 3 heteroatoms. The van der Waals surface area contributed by atoms with Crippen LogP contribution in [0.25, 0.3) is 0 Å². The van der Waals surface area contributed by atoms with Gasteiger partial charge in [-0.3, -0.25) is 0 Å². The van der Waals surface area contributed by atoms with Crippen molar-refractivity contribution in [2.45, 2.75) is 31.8 Å². The quantitative estimate of drug-likeness (QED) is 0.916. The van der Waals surface area contributed by atoms with E-state index in [-0.39, 0.29) is 0 Å². The van der Waals surface area contributed by atoms with E-state index in [2.05, 4.69) is 52.4 Å². The lowest BCUT2D eigenvalue weighted by molar-refractivity contribution is 0.187. The van der Waals surface area contributed by atoms with E-state index in [1.807, 2.05) is 0 Å². The molecule has 1 aliphatic heterocycles. The van der Waals surface area contributed by atoms with Gasteiger partial charge in [-0.25, -0.2) is 0 Å². The van der Waals surface area contributed by atoms with Crippen LogP contribution in [0, 0.1) is 0 Å². The molecule has 0 saturated carbocycles. The summed E-state index contributed by atoms with van der Waals surface area (Å²) in [5, 5.41) is 3.66. The Morgan fingerprint density at radius 2 is 2.44 bits per heavy atom. The van der Waals surface area contributed by atoms with Crippen LogP contribution in [0.4, 0.5) is 0 Å². The molecule has 0 amide bonds. The van der Waals surface area contributed by atoms with E-state index < -0.39 is 0 Å². The zero-order valence-corrected chi connectivity index (χ0v) is 11.2. The number of hydrogen-bond donors (Lipinski definition) is 1. The zero-order chi connectivity index (χ0) is 11.4. The highest BCUT2D eigenvalue weighted by atomic mass is 79.9. The van der Waals surface area contributed by atoms with Gasteiger partial charge in [0, 0.05) is 23.2 Å². The molecule has 0 radical (unpaired) electrons. The second-order valence-electron chi connectivity index (χ2n) is 4.24. The maximum Gasteiger partial charge on any atom is 0.0620 e. The molecule has 1 heterocycles. The topological polar surface area (TPSA) is 21.3 Å². The summed E-state index contributed by atoms with van der Waals surface area (Å²) >= 11 is 3.52. The second kappa shape index (κ2) is 5.80. The molecule has 2 rings (SSSR count). The van der Waals surface area contributed by atoms with Crippen molar-refractivity contribution < 1.29 is 4.74 Å². The van der Waals surface area contributed by atoms with E-state index in [1.165, 1.54) is 5.56 Å². The summed E-state index contributed by atoms with van der Waals surface area (Å²) in [6.07, 6.45) is 2.23. The van der Waals surface area contributed by atoms with Crippen molar-refractivity contribution in [1.29, 1.82) is 0 Å². The van der Waals surface area contributed by atoms with Crippen LogP contribution in [-0.2, 0) is 4.74 Å². The summed E-state index contributed by atoms with van der Waals surface area (Å²) in [7, 11) is 0. The third kappa shape index (κ3) is 3.06. The lowest BCUT2D eigenvalue weighted by Gasteiger charge is -2.21. The first-order chi connectivity index (χ1) is 7.79. The Morgan fingerprint density at radius 1 is 1.56 bits per heavy atom. The van der Waals surface area contributed by atoms with Gasteiger partial charge in [0.05, 0.1) is 6.61 Å². The van der Waals surface area contributed by atoms with Gasteiger partial charge in [-0.15, -0.1) is 0 Å². The molecular formula is C13H18BrNO. The van der Waals surface area contributed by atoms with Crippen LogP contribution < -0.4 is 5.32 Å². The van der Waals surface area contributed by atoms with Gasteiger partial charge in [0.1, 0.15) is 0 Å². The number of rotatable bonds is 4. The van der Waals surface area contributed by atoms with Gasteiger partial charge in [0.25, 0.3) is 0 Å². The van der Waals surface area contributed by atoms with Crippen molar-refractivity contribution in [1.82, 2.24) is 5.32 Å². The van der Waals surface area contributed by atoms with Crippen molar-refractivity contribution in [3.8, 4) is 0 Å². The fourth-order valence-electron chi connectivity index (χ4n) is 2.12. The van der Waals surface area contributed by atoms with Gasteiger partial charge in [-0.1, -0.05) is 35.0 Å². The maximum atomic E-state index is 5.39. The molecule has 16 heavy (non-hydrogen) atoms. The molecule has 2 unspecified atom stereocenters. The van der Waals surface area contributed by atoms with E-state index in [4.69, 9.17) is 4.74 Å². The predicted molar refractivity (Wildman–Crippen MR) is 69.5 cm³/mol. The molecule has 1 aromatic rings. The standard InChI is InChI=1S/C13H18BrNO/c1-2-13(15-12-6-7-16-9-12)10-4-3-5-11(14)8-10/h3-5,8,12-13,15H,2,6-7,9H2,1H3. The number of ether oxygens (including phenoxy) is 1. The fourth-order valence-corrected chi connectivity index (χ4v) is 2.54. The Kier molecular flexibility index (Phi) is 4.38. The van der Waals surface area contributed by atoms with Crippen molar-refractivity contribution in [2.24, 2.45) is 0 Å². The van der Waals surface area contributed by atoms with Crippen molar-refractivity contribution in [3.63, 3.8) is 0 Å². The Bertz CT molecular complexity index is 336. The molecule has 0 spiro atoms. The molecular weight excluding hydrogens is 266 g/mol. The zero-order valence-electron chi connectivity index (χ0n) is 9.58. The molecule has 88 valence electrons. The summed E-state index contributed by atoms with van der Waals surface area (Å²) in [4.78, 5) is 0. The summed E-state index contributed by atoms with van der Waals surface area (Å²) in [6, 6.07) is 9.48. The van der Waals surface area contributed by atoms with E-state index in [9.17, 15) is 0 Å². The number of halogens is 1. The van der Waals surface area contributed by atoms with Crippen LogP contribution in [0.5, 0.6) is 0 Å². The van der Waals surface area contributed by atoms with E-state index in [0.717, 1.165) is 30.5 Å². The average molecular weight is 284 g/mol. The van der Waals surface area contributed by atoms with Crippen LogP contribution in [0.2, 0.25) is 0 Å². The van der Waals surface area contributed by atoms with Gasteiger partial charge in [0.15, 0.2) is 0 Å². The minimum atomic E-state index is 0.434. The fraction of sp³-hybridized carbons (Fsp3) is 0.538. The lowest BCUT2D eigenvalue weighted by atomic mass is 10.0. The second-order valence-corrected chi connectivity index (χ2v) is 5.16. The SMILES string of the molecule is CCC(NC1CCOC1)c1cccc(Br)c1. The third-order valence-corrected chi connectivity index (χ3v) is 3.52. The molecule has 1 aromatic carbocycles. The first-order valence-electron chi connectivity index (χ1n) is 5.89. The predicted octanol–water partition coefficient (Wildman–Crippen LogP) is 3.28. The van der Waals surface area contributed by atoms with Crippen molar-refractivity contribution in [2.75, 3.05) is 13.2 Å². The molecule has 2 nitrogen and oxygen atoms in total. The highest BCUT2D eigenvalue weighted by Crippen LogP contribution is 2.22. The summed E-state index contributed by atoms with van der Waals surface area (Å²) in [6.45, 7) is 3.96. The van der Waals surface area contributed by atoms with Crippen molar-refractivity contribution in [3.05, 3.63) is 34.3 Å². The van der Waals surface area contributed by atoms with Crippen molar-refractivity contribution >= 4 is 15.9 Å². The van der Waals surface area contributed by atoms with Gasteiger partial charge in [-0.2, -0.15) is 0 Å². The number of hydrogen-bond acceptors (Lipinski definition) is 2. The van der Waals surface area contributed by atoms with Gasteiger partial charge >= 0.3 is 0 Å². The van der Waals surface area contributed by atoms with Gasteiger partial charge in [-0.05, 0) is 30.5 Å². The van der Waals surface area contributed by atoms with Crippen LogP contribution in [0.15, 0.2) is 28.7 Å². The first kappa shape index (κ1) is 12.1. The Labute approximate surface area is 106 Å². The molecule has 0 aliphatic carbocycles. The molecule has 1 N–H and O–H groups in total. The van der Waals surface area contributed by atoms with Crippen LogP contribution in [-0.4, -0.2) is 19.3 Å². The highest BCUT2D eigenvalue weighted by Gasteiger charge is 2.19. The lowest BCUT2D eigenvalue weighted by Crippen LogP contribution is -2.32. The minimum Gasteiger partial charge on any atom is -0.380 e. The monoisotopic (exact) mass is 283 g/mol. The molecule has 1 fully saturated rings. The normalized spacial score (nSPS) is 22.2. The van der Waals surface area contributed by atoms with E-state index in [1.54, 1.807) is 0 Å². The summed E-state index contributed by atoms with van der Waals surface area (Å²) in [5.74, 6) is 0. The van der Waals surface area contributed by atoms with Gasteiger partial charge < -0.3 is 10.1 Å². The molecule has 0 aromatic heterocycles. The summed E-state index contributed by atoms with van der Waals surface area (Å²) in [5.41, 5.74) is 1.35. The molecule has 1 aliphatic rings. The van der Waals surface area contributed by atoms with E-state index >= 15 is 0 Å². The highest BCUT2D eigenvalue weighted by molar-refractivity contribution is 9.10. The molecule has 1 saturated heterocycles. The van der Waals surface area contributed by atoms with Crippen LogP contribution >= 0.6 is 15.9 Å². The Hall–Kier alpha value is -0.380. The molecule has 2 atom stereocenters. The van der Waals surface area contributed by atoms with Gasteiger partial charge in [0.2, 0.25) is 0 Å². The van der Waals surface area contributed by atoms with Crippen LogP contribution in [0.3, 0.4) is 0 Å². The largest absolute Gasteiger partial charge is 0.380 e. The average Bonchev–Trinajstić information content (AvgIpc) is 2.78. The smallest absolute Gasteiger partial charge is 0.0620 e. The van der Waals surface area contributed by atoms with E-state index in [0.29, 0.717) is 12.1 Å². The minimum absolute atomic E-state index is 0.434. The summed E-state index contributed by atoms with van der Waals surface area (Å²) < 4.78 is 6.54. The number of nitrogens with one attached hydrogen (secondary N) is 1. The number of benzene rings is 1. The third-order valence-electron chi connectivity index (χ3n) is 3.03. The first-order valence-corrected chi connectivity index (χ1v) is 6.68. The molecule has 0 bridgehead atoms. The Morgan fingerprint density at radius 3 is 3.06 bits per heavy atom. The maximum absolute atomic E-state index is 5.39.